The molecule has 1 N–H and O–H groups in total. The van der Waals surface area contributed by atoms with Gasteiger partial charge in [0, 0.05) is 81.4 Å². The van der Waals surface area contributed by atoms with Crippen LogP contribution in [0.2, 0.25) is 0 Å². The van der Waals surface area contributed by atoms with Crippen LogP contribution < -0.4 is 10.9 Å². The minimum atomic E-state index is 0.174. The van der Waals surface area contributed by atoms with Gasteiger partial charge in [-0.25, -0.2) is 4.98 Å². The van der Waals surface area contributed by atoms with Gasteiger partial charge in [-0.15, -0.1) is 0 Å². The number of anilines is 1. The molecule has 0 saturated carbocycles. The molecule has 0 radical (unpaired) electrons. The molecule has 172 valence electrons. The Labute approximate surface area is 195 Å². The maximum Gasteiger partial charge on any atom is 0.255 e. The molecule has 0 aliphatic carbocycles. The van der Waals surface area contributed by atoms with Gasteiger partial charge in [-0.2, -0.15) is 0 Å². The Morgan fingerprint density at radius 2 is 1.88 bits per heavy atom. The predicted octanol–water partition coefficient (Wildman–Crippen LogP) is 2.93. The minimum absolute atomic E-state index is 0.174. The van der Waals surface area contributed by atoms with Crippen molar-refractivity contribution in [1.82, 2.24) is 24.3 Å². The van der Waals surface area contributed by atoms with E-state index in [2.05, 4.69) is 41.8 Å². The van der Waals surface area contributed by atoms with Crippen LogP contribution >= 0.6 is 0 Å². The lowest BCUT2D eigenvalue weighted by Gasteiger charge is -2.43. The molecule has 5 rings (SSSR count). The second-order valence-corrected chi connectivity index (χ2v) is 9.45. The van der Waals surface area contributed by atoms with Crippen molar-refractivity contribution < 1.29 is 0 Å². The summed E-state index contributed by atoms with van der Waals surface area (Å²) in [5, 5.41) is 3.20. The Morgan fingerprint density at radius 1 is 1.00 bits per heavy atom. The molecule has 2 aliphatic rings. The van der Waals surface area contributed by atoms with E-state index in [0.29, 0.717) is 18.4 Å². The molecule has 0 aromatic carbocycles. The Balaban J connectivity index is 1.31. The summed E-state index contributed by atoms with van der Waals surface area (Å²) in [7, 11) is 3.97. The minimum Gasteiger partial charge on any atom is -0.373 e. The Kier molecular flexibility index (Phi) is 6.24. The third kappa shape index (κ3) is 4.70. The molecule has 0 unspecified atom stereocenters. The first-order chi connectivity index (χ1) is 16.1. The molecule has 2 aliphatic heterocycles. The molecule has 0 amide bonds. The summed E-state index contributed by atoms with van der Waals surface area (Å²) >= 11 is 0. The van der Waals surface area contributed by atoms with Gasteiger partial charge in [0.25, 0.3) is 5.56 Å². The van der Waals surface area contributed by atoms with Crippen molar-refractivity contribution in [2.75, 3.05) is 32.5 Å². The topological polar surface area (TPSA) is 66.3 Å². The quantitative estimate of drug-likeness (QED) is 0.605. The van der Waals surface area contributed by atoms with Gasteiger partial charge in [-0.1, -0.05) is 18.2 Å². The van der Waals surface area contributed by atoms with Crippen molar-refractivity contribution in [1.29, 1.82) is 0 Å². The van der Waals surface area contributed by atoms with E-state index in [9.17, 15) is 4.79 Å². The third-order valence-electron chi connectivity index (χ3n) is 6.88. The first-order valence-electron chi connectivity index (χ1n) is 11.8. The van der Waals surface area contributed by atoms with Gasteiger partial charge < -0.3 is 9.88 Å². The molecule has 3 aromatic rings. The van der Waals surface area contributed by atoms with Gasteiger partial charge in [0.05, 0.1) is 5.69 Å². The molecule has 3 aromatic heterocycles. The number of pyridine rings is 3. The number of rotatable bonds is 7. The lowest BCUT2D eigenvalue weighted by Crippen LogP contribution is -2.47. The number of aromatic nitrogens is 3. The van der Waals surface area contributed by atoms with E-state index in [1.807, 2.05) is 56.8 Å². The highest BCUT2D eigenvalue weighted by molar-refractivity contribution is 5.42. The van der Waals surface area contributed by atoms with E-state index in [1.54, 1.807) is 0 Å². The third-order valence-corrected chi connectivity index (χ3v) is 6.88. The Bertz CT molecular complexity index is 1160. The van der Waals surface area contributed by atoms with Crippen LogP contribution in [0.5, 0.6) is 0 Å². The van der Waals surface area contributed by atoms with Gasteiger partial charge >= 0.3 is 0 Å². The molecule has 33 heavy (non-hydrogen) atoms. The van der Waals surface area contributed by atoms with Crippen LogP contribution in [0.3, 0.4) is 0 Å². The summed E-state index contributed by atoms with van der Waals surface area (Å²) in [6.45, 7) is 5.05. The van der Waals surface area contributed by atoms with Gasteiger partial charge in [-0.3, -0.25) is 19.6 Å². The SMILES string of the molecule is CNc1ncccc1CN1C[C@@H]2C[C@H](C1)c1ccc(CN(C)Cc3ccccn3)c(=O)n1C2. The van der Waals surface area contributed by atoms with E-state index >= 15 is 0 Å². The molecular formula is C26H32N6O. The van der Waals surface area contributed by atoms with Crippen molar-refractivity contribution in [2.24, 2.45) is 5.92 Å². The maximum atomic E-state index is 13.4. The fourth-order valence-corrected chi connectivity index (χ4v) is 5.49. The van der Waals surface area contributed by atoms with Gasteiger partial charge in [0.1, 0.15) is 5.82 Å². The number of hydrogen-bond acceptors (Lipinski definition) is 6. The molecule has 7 heteroatoms. The molecule has 0 spiro atoms. The molecule has 1 fully saturated rings. The zero-order valence-corrected chi connectivity index (χ0v) is 19.4. The lowest BCUT2D eigenvalue weighted by molar-refractivity contribution is 0.114. The van der Waals surface area contributed by atoms with Crippen molar-refractivity contribution in [3.63, 3.8) is 0 Å². The average Bonchev–Trinajstić information content (AvgIpc) is 2.82. The number of nitrogens with zero attached hydrogens (tertiary/aromatic N) is 5. The van der Waals surface area contributed by atoms with Crippen molar-refractivity contribution in [2.45, 2.75) is 38.5 Å². The van der Waals surface area contributed by atoms with Gasteiger partial charge in [-0.05, 0) is 43.7 Å². The summed E-state index contributed by atoms with van der Waals surface area (Å²) in [5.74, 6) is 1.86. The van der Waals surface area contributed by atoms with Crippen LogP contribution in [-0.2, 0) is 26.2 Å². The van der Waals surface area contributed by atoms with Crippen LogP contribution in [0.4, 0.5) is 5.82 Å². The standard InChI is InChI=1S/C26H32N6O/c1-27-25-20(6-5-11-29-25)16-31-13-19-12-22(17-31)24-9-8-21(26(33)32(24)14-19)15-30(2)18-23-7-3-4-10-28-23/h3-11,19,22H,12-18H2,1-2H3,(H,27,29)/t19-,22+/m0/s1. The molecule has 1 saturated heterocycles. The molecular weight excluding hydrogens is 412 g/mol. The smallest absolute Gasteiger partial charge is 0.255 e. The first-order valence-corrected chi connectivity index (χ1v) is 11.8. The number of hydrogen-bond donors (Lipinski definition) is 1. The van der Waals surface area contributed by atoms with E-state index in [1.165, 1.54) is 17.7 Å². The molecule has 2 bridgehead atoms. The average molecular weight is 445 g/mol. The van der Waals surface area contributed by atoms with Crippen molar-refractivity contribution >= 4 is 5.82 Å². The highest BCUT2D eigenvalue weighted by Crippen LogP contribution is 2.36. The number of fused-ring (bicyclic) bond motifs is 4. The second-order valence-electron chi connectivity index (χ2n) is 9.45. The van der Waals surface area contributed by atoms with Crippen LogP contribution in [0.15, 0.2) is 59.7 Å². The highest BCUT2D eigenvalue weighted by atomic mass is 16.1. The maximum absolute atomic E-state index is 13.4. The van der Waals surface area contributed by atoms with E-state index in [4.69, 9.17) is 0 Å². The highest BCUT2D eigenvalue weighted by Gasteiger charge is 2.35. The fraction of sp³-hybridized carbons (Fsp3) is 0.423. The molecule has 7 nitrogen and oxygen atoms in total. The van der Waals surface area contributed by atoms with E-state index in [0.717, 1.165) is 49.8 Å². The van der Waals surface area contributed by atoms with E-state index in [-0.39, 0.29) is 5.56 Å². The summed E-state index contributed by atoms with van der Waals surface area (Å²) in [6, 6.07) is 14.3. The number of likely N-dealkylation sites (tertiary alicyclic amines) is 1. The van der Waals surface area contributed by atoms with Gasteiger partial charge in [0.15, 0.2) is 0 Å². The number of nitrogens with one attached hydrogen (secondary N) is 1. The van der Waals surface area contributed by atoms with Crippen LogP contribution in [0.25, 0.3) is 0 Å². The second kappa shape index (κ2) is 9.45. The zero-order chi connectivity index (χ0) is 22.8. The lowest BCUT2D eigenvalue weighted by atomic mass is 9.82. The fourth-order valence-electron chi connectivity index (χ4n) is 5.49. The number of piperidine rings is 1. The summed E-state index contributed by atoms with van der Waals surface area (Å²) in [4.78, 5) is 26.9. The largest absolute Gasteiger partial charge is 0.373 e. The monoisotopic (exact) mass is 444 g/mol. The van der Waals surface area contributed by atoms with Crippen LogP contribution in [0.1, 0.15) is 34.9 Å². The molecule has 5 heterocycles. The van der Waals surface area contributed by atoms with Gasteiger partial charge in [0.2, 0.25) is 0 Å². The summed E-state index contributed by atoms with van der Waals surface area (Å²) in [6.07, 6.45) is 4.81. The summed E-state index contributed by atoms with van der Waals surface area (Å²) < 4.78 is 2.06. The Hall–Kier alpha value is -3.03. The Morgan fingerprint density at radius 3 is 2.70 bits per heavy atom. The van der Waals surface area contributed by atoms with Crippen LogP contribution in [-0.4, -0.2) is 51.5 Å². The normalized spacial score (nSPS) is 20.0. The first kappa shape index (κ1) is 21.8. The van der Waals surface area contributed by atoms with Crippen LogP contribution in [0, 0.1) is 5.92 Å². The van der Waals surface area contributed by atoms with E-state index < -0.39 is 0 Å². The predicted molar refractivity (Wildman–Crippen MR) is 130 cm³/mol. The summed E-state index contributed by atoms with van der Waals surface area (Å²) in [5.41, 5.74) is 4.47. The van der Waals surface area contributed by atoms with Crippen molar-refractivity contribution in [3.8, 4) is 0 Å². The van der Waals surface area contributed by atoms with Crippen molar-refractivity contribution in [3.05, 3.63) is 87.7 Å². The molecule has 2 atom stereocenters. The zero-order valence-electron chi connectivity index (χ0n) is 19.4.